The van der Waals surface area contributed by atoms with Crippen LogP contribution in [0.1, 0.15) is 11.1 Å². The number of non-ortho nitro benzene ring substituents is 2. The number of hydrogen-bond donors (Lipinski definition) is 1. The molecule has 1 aromatic heterocycles. The molecule has 0 unspecified atom stereocenters. The number of hydrogen-bond acceptors (Lipinski definition) is 6. The van der Waals surface area contributed by atoms with E-state index in [-0.39, 0.29) is 17.3 Å². The zero-order valence-electron chi connectivity index (χ0n) is 18.2. The van der Waals surface area contributed by atoms with Gasteiger partial charge in [-0.15, -0.1) is 0 Å². The summed E-state index contributed by atoms with van der Waals surface area (Å²) >= 11 is 0. The number of aromatic nitrogens is 1. The topological polar surface area (TPSA) is 128 Å². The molecular weight excluding hydrogens is 448 g/mol. The fourth-order valence-corrected chi connectivity index (χ4v) is 3.57. The molecule has 0 fully saturated rings. The maximum Gasteiger partial charge on any atom is 0.270 e. The van der Waals surface area contributed by atoms with E-state index < -0.39 is 9.85 Å². The second-order valence-electron chi connectivity index (χ2n) is 7.45. The van der Waals surface area contributed by atoms with E-state index in [1.807, 2.05) is 12.1 Å². The number of pyridine rings is 1. The van der Waals surface area contributed by atoms with Crippen LogP contribution in [0.3, 0.4) is 0 Å². The average molecular weight is 466 g/mol. The van der Waals surface area contributed by atoms with Gasteiger partial charge in [0.1, 0.15) is 0 Å². The van der Waals surface area contributed by atoms with Crippen LogP contribution >= 0.6 is 0 Å². The first-order valence-corrected chi connectivity index (χ1v) is 10.4. The van der Waals surface area contributed by atoms with E-state index in [2.05, 4.69) is 10.3 Å². The minimum atomic E-state index is -0.516. The molecule has 1 amide bonds. The fourth-order valence-electron chi connectivity index (χ4n) is 3.57. The van der Waals surface area contributed by atoms with E-state index in [0.29, 0.717) is 22.4 Å². The molecule has 4 aromatic rings. The number of nitrogens with one attached hydrogen (secondary N) is 1. The third kappa shape index (κ3) is 5.42. The lowest BCUT2D eigenvalue weighted by Crippen LogP contribution is -2.08. The van der Waals surface area contributed by atoms with Crippen LogP contribution in [0, 0.1) is 20.2 Å². The van der Waals surface area contributed by atoms with Gasteiger partial charge in [-0.3, -0.25) is 30.0 Å². The van der Waals surface area contributed by atoms with Crippen LogP contribution in [0.15, 0.2) is 103 Å². The Morgan fingerprint density at radius 1 is 0.857 bits per heavy atom. The lowest BCUT2D eigenvalue weighted by molar-refractivity contribution is -0.385. The Hall–Kier alpha value is -5.18. The van der Waals surface area contributed by atoms with Gasteiger partial charge in [-0.2, -0.15) is 0 Å². The summed E-state index contributed by atoms with van der Waals surface area (Å²) in [5.41, 5.74) is 1.83. The molecule has 0 aliphatic carbocycles. The summed E-state index contributed by atoms with van der Waals surface area (Å²) in [7, 11) is 0. The summed E-state index contributed by atoms with van der Waals surface area (Å²) in [4.78, 5) is 38.1. The van der Waals surface area contributed by atoms with Crippen LogP contribution < -0.4 is 5.32 Å². The van der Waals surface area contributed by atoms with Gasteiger partial charge in [-0.25, -0.2) is 0 Å². The molecule has 0 saturated heterocycles. The van der Waals surface area contributed by atoms with E-state index in [9.17, 15) is 25.0 Å². The summed E-state index contributed by atoms with van der Waals surface area (Å²) in [5, 5.41) is 27.1. The number of rotatable bonds is 7. The molecule has 0 aliphatic rings. The van der Waals surface area contributed by atoms with Crippen molar-refractivity contribution in [3.63, 3.8) is 0 Å². The summed E-state index contributed by atoms with van der Waals surface area (Å²) in [6, 6.07) is 19.1. The van der Waals surface area contributed by atoms with Crippen molar-refractivity contribution in [2.45, 2.75) is 0 Å². The predicted octanol–water partition coefficient (Wildman–Crippen LogP) is 5.68. The van der Waals surface area contributed by atoms with E-state index >= 15 is 0 Å². The first kappa shape index (κ1) is 23.0. The summed E-state index contributed by atoms with van der Waals surface area (Å²) < 4.78 is 0. The highest BCUT2D eigenvalue weighted by Gasteiger charge is 2.13. The van der Waals surface area contributed by atoms with Crippen LogP contribution in [0.5, 0.6) is 0 Å². The van der Waals surface area contributed by atoms with Crippen LogP contribution in [0.25, 0.3) is 16.3 Å². The van der Waals surface area contributed by atoms with Gasteiger partial charge in [0.05, 0.1) is 9.85 Å². The number of nitro benzene ring substituents is 2. The van der Waals surface area contributed by atoms with Crippen molar-refractivity contribution < 1.29 is 14.6 Å². The Bertz CT molecular complexity index is 1450. The number of carbonyl (C=O) groups excluding carboxylic acids is 1. The molecular formula is C26H18N4O5. The van der Waals surface area contributed by atoms with Crippen molar-refractivity contribution in [1.29, 1.82) is 0 Å². The normalized spacial score (nSPS) is 10.7. The van der Waals surface area contributed by atoms with Crippen molar-refractivity contribution in [2.75, 3.05) is 5.32 Å². The Morgan fingerprint density at radius 2 is 1.49 bits per heavy atom. The van der Waals surface area contributed by atoms with Gasteiger partial charge in [0, 0.05) is 59.2 Å². The highest BCUT2D eigenvalue weighted by atomic mass is 16.6. The molecule has 4 rings (SSSR count). The third-order valence-electron chi connectivity index (χ3n) is 5.19. The predicted molar refractivity (Wildman–Crippen MR) is 133 cm³/mol. The van der Waals surface area contributed by atoms with Crippen molar-refractivity contribution in [3.8, 4) is 0 Å². The number of nitro groups is 2. The molecule has 1 N–H and O–H groups in total. The second kappa shape index (κ2) is 10.2. The van der Waals surface area contributed by atoms with Gasteiger partial charge in [0.25, 0.3) is 11.4 Å². The molecule has 0 radical (unpaired) electrons. The highest BCUT2D eigenvalue weighted by Crippen LogP contribution is 2.29. The number of fused-ring (bicyclic) bond motifs is 1. The number of carbonyl (C=O) groups is 1. The first-order valence-electron chi connectivity index (χ1n) is 10.4. The van der Waals surface area contributed by atoms with Crippen molar-refractivity contribution >= 4 is 39.3 Å². The van der Waals surface area contributed by atoms with Crippen LogP contribution in [0.4, 0.5) is 17.1 Å². The molecule has 35 heavy (non-hydrogen) atoms. The second-order valence-corrected chi connectivity index (χ2v) is 7.45. The zero-order chi connectivity index (χ0) is 24.8. The van der Waals surface area contributed by atoms with Gasteiger partial charge < -0.3 is 5.32 Å². The van der Waals surface area contributed by atoms with Crippen molar-refractivity contribution in [3.05, 3.63) is 135 Å². The number of allylic oxidation sites excluding steroid dienone is 2. The monoisotopic (exact) mass is 466 g/mol. The lowest BCUT2D eigenvalue weighted by Gasteiger charge is -2.08. The quantitative estimate of drug-likeness (QED) is 0.162. The van der Waals surface area contributed by atoms with Gasteiger partial charge in [0.2, 0.25) is 5.91 Å². The largest absolute Gasteiger partial charge is 0.322 e. The fraction of sp³-hybridized carbons (Fsp3) is 0. The smallest absolute Gasteiger partial charge is 0.270 e. The zero-order valence-corrected chi connectivity index (χ0v) is 18.2. The Balaban J connectivity index is 1.67. The minimum absolute atomic E-state index is 0.119. The SMILES string of the molecule is O=C(C=CC=C(c1cccc([N+](=O)[O-])c1)c1cccc([N+](=O)[O-])c1)Nc1cccc2cnccc12. The van der Waals surface area contributed by atoms with Crippen LogP contribution in [-0.4, -0.2) is 20.7 Å². The Morgan fingerprint density at radius 3 is 2.11 bits per heavy atom. The third-order valence-corrected chi connectivity index (χ3v) is 5.19. The first-order chi connectivity index (χ1) is 16.9. The Kier molecular flexibility index (Phi) is 6.68. The molecule has 1 heterocycles. The number of anilines is 1. The maximum atomic E-state index is 12.6. The average Bonchev–Trinajstić information content (AvgIpc) is 2.87. The van der Waals surface area contributed by atoms with E-state index in [0.717, 1.165) is 10.8 Å². The van der Waals surface area contributed by atoms with Crippen molar-refractivity contribution in [1.82, 2.24) is 4.98 Å². The number of nitrogens with zero attached hydrogens (tertiary/aromatic N) is 3. The summed E-state index contributed by atoms with van der Waals surface area (Å²) in [6.45, 7) is 0. The van der Waals surface area contributed by atoms with Crippen LogP contribution in [-0.2, 0) is 4.79 Å². The highest BCUT2D eigenvalue weighted by molar-refractivity contribution is 6.06. The number of benzene rings is 3. The van der Waals surface area contributed by atoms with Gasteiger partial charge >= 0.3 is 0 Å². The van der Waals surface area contributed by atoms with E-state index in [1.54, 1.807) is 42.7 Å². The molecule has 0 spiro atoms. The van der Waals surface area contributed by atoms with Crippen molar-refractivity contribution in [2.24, 2.45) is 0 Å². The standard InChI is InChI=1S/C26H18N4O5/c31-26(28-25-11-3-7-20-17-27-14-13-24(20)25)12-4-10-23(18-5-1-8-21(15-18)29(32)33)19-6-2-9-22(16-19)30(34)35/h1-17H,(H,28,31). The Labute approximate surface area is 199 Å². The summed E-state index contributed by atoms with van der Waals surface area (Å²) in [6.07, 6.45) is 7.74. The van der Waals surface area contributed by atoms with E-state index in [1.165, 1.54) is 48.6 Å². The summed E-state index contributed by atoms with van der Waals surface area (Å²) in [5.74, 6) is -0.386. The van der Waals surface area contributed by atoms with Gasteiger partial charge in [-0.05, 0) is 28.8 Å². The molecule has 3 aromatic carbocycles. The molecule has 9 nitrogen and oxygen atoms in total. The molecule has 0 atom stereocenters. The number of amides is 1. The van der Waals surface area contributed by atoms with Gasteiger partial charge in [0.15, 0.2) is 0 Å². The molecule has 0 bridgehead atoms. The lowest BCUT2D eigenvalue weighted by atomic mass is 9.96. The molecule has 172 valence electrons. The molecule has 0 aliphatic heterocycles. The maximum absolute atomic E-state index is 12.6. The molecule has 9 heteroatoms. The van der Waals surface area contributed by atoms with Gasteiger partial charge in [-0.1, -0.05) is 48.6 Å². The van der Waals surface area contributed by atoms with Crippen LogP contribution in [0.2, 0.25) is 0 Å². The molecule has 0 saturated carbocycles. The minimum Gasteiger partial charge on any atom is -0.322 e. The van der Waals surface area contributed by atoms with E-state index in [4.69, 9.17) is 0 Å².